The van der Waals surface area contributed by atoms with Crippen LogP contribution in [0, 0.1) is 0 Å². The second-order valence-electron chi connectivity index (χ2n) is 8.90. The molecule has 3 aliphatic rings. The van der Waals surface area contributed by atoms with E-state index in [1.165, 1.54) is 22.3 Å². The van der Waals surface area contributed by atoms with Crippen molar-refractivity contribution in [2.24, 2.45) is 0 Å². The third kappa shape index (κ3) is 4.20. The fourth-order valence-corrected chi connectivity index (χ4v) is 5.12. The fourth-order valence-electron chi connectivity index (χ4n) is 5.12. The zero-order chi connectivity index (χ0) is 21.3. The molecule has 2 aromatic carbocycles. The SMILES string of the molecule is O=C(OCC1c2ccccc2-c2ccccc21)N1CCC(O)(CN2CCOCC2)CC1. The number of carbonyl (C=O) groups excluding carboxylic acids is 1. The molecule has 2 saturated heterocycles. The molecular formula is C25H30N2O4. The number of benzene rings is 2. The van der Waals surface area contributed by atoms with Crippen molar-refractivity contribution in [1.82, 2.24) is 9.80 Å². The molecule has 6 heteroatoms. The largest absolute Gasteiger partial charge is 0.448 e. The number of morpholine rings is 1. The normalized spacial score (nSPS) is 20.9. The van der Waals surface area contributed by atoms with Crippen molar-refractivity contribution in [1.29, 1.82) is 0 Å². The van der Waals surface area contributed by atoms with E-state index in [1.807, 2.05) is 12.1 Å². The summed E-state index contributed by atoms with van der Waals surface area (Å²) < 4.78 is 11.2. The van der Waals surface area contributed by atoms with Crippen molar-refractivity contribution in [3.05, 3.63) is 59.7 Å². The second kappa shape index (κ2) is 8.61. The van der Waals surface area contributed by atoms with Gasteiger partial charge in [0, 0.05) is 38.6 Å². The highest BCUT2D eigenvalue weighted by atomic mass is 16.6. The minimum absolute atomic E-state index is 0.0689. The van der Waals surface area contributed by atoms with E-state index in [9.17, 15) is 9.90 Å². The molecule has 2 heterocycles. The van der Waals surface area contributed by atoms with Crippen LogP contribution in [0.4, 0.5) is 4.79 Å². The van der Waals surface area contributed by atoms with E-state index in [0.29, 0.717) is 39.1 Å². The Morgan fingerprint density at radius 1 is 0.968 bits per heavy atom. The predicted molar refractivity (Wildman–Crippen MR) is 118 cm³/mol. The Labute approximate surface area is 183 Å². The van der Waals surface area contributed by atoms with E-state index >= 15 is 0 Å². The van der Waals surface area contributed by atoms with Gasteiger partial charge in [-0.2, -0.15) is 0 Å². The van der Waals surface area contributed by atoms with Gasteiger partial charge in [0.1, 0.15) is 6.61 Å². The number of rotatable bonds is 4. The molecule has 6 nitrogen and oxygen atoms in total. The van der Waals surface area contributed by atoms with Gasteiger partial charge in [-0.3, -0.25) is 4.90 Å². The van der Waals surface area contributed by atoms with Crippen LogP contribution in [-0.2, 0) is 9.47 Å². The molecule has 0 atom stereocenters. The van der Waals surface area contributed by atoms with Gasteiger partial charge in [0.25, 0.3) is 0 Å². The smallest absolute Gasteiger partial charge is 0.409 e. The molecule has 0 bridgehead atoms. The quantitative estimate of drug-likeness (QED) is 0.821. The summed E-state index contributed by atoms with van der Waals surface area (Å²) in [6.07, 6.45) is 0.874. The first-order chi connectivity index (χ1) is 15.1. The molecule has 5 rings (SSSR count). The molecule has 0 saturated carbocycles. The number of nitrogens with zero attached hydrogens (tertiary/aromatic N) is 2. The van der Waals surface area contributed by atoms with Crippen molar-refractivity contribution in [2.75, 3.05) is 52.5 Å². The maximum absolute atomic E-state index is 12.8. The van der Waals surface area contributed by atoms with Gasteiger partial charge in [0.2, 0.25) is 0 Å². The summed E-state index contributed by atoms with van der Waals surface area (Å²) in [5.74, 6) is 0.0689. The van der Waals surface area contributed by atoms with Crippen LogP contribution in [0.2, 0.25) is 0 Å². The molecule has 0 aromatic heterocycles. The number of β-amino-alcohol motifs (C(OH)–C–C–N with tert-alkyl or cyclic N) is 1. The summed E-state index contributed by atoms with van der Waals surface area (Å²) in [5, 5.41) is 11.0. The van der Waals surface area contributed by atoms with E-state index in [0.717, 1.165) is 26.3 Å². The van der Waals surface area contributed by atoms with Crippen LogP contribution in [0.15, 0.2) is 48.5 Å². The predicted octanol–water partition coefficient (Wildman–Crippen LogP) is 3.09. The van der Waals surface area contributed by atoms with E-state index in [4.69, 9.17) is 9.47 Å². The van der Waals surface area contributed by atoms with Crippen LogP contribution in [0.25, 0.3) is 11.1 Å². The number of piperidine rings is 1. The molecular weight excluding hydrogens is 392 g/mol. The molecule has 31 heavy (non-hydrogen) atoms. The lowest BCUT2D eigenvalue weighted by Gasteiger charge is -2.41. The average molecular weight is 423 g/mol. The molecule has 2 aliphatic heterocycles. The Hall–Kier alpha value is -2.41. The molecule has 0 radical (unpaired) electrons. The van der Waals surface area contributed by atoms with Crippen LogP contribution in [-0.4, -0.2) is 79.1 Å². The highest BCUT2D eigenvalue weighted by Crippen LogP contribution is 2.44. The number of aliphatic hydroxyl groups is 1. The number of hydrogen-bond donors (Lipinski definition) is 1. The van der Waals surface area contributed by atoms with Crippen LogP contribution in [0.3, 0.4) is 0 Å². The van der Waals surface area contributed by atoms with Gasteiger partial charge in [-0.25, -0.2) is 4.79 Å². The van der Waals surface area contributed by atoms with Crippen molar-refractivity contribution in [3.63, 3.8) is 0 Å². The first kappa shape index (κ1) is 20.5. The summed E-state index contributed by atoms with van der Waals surface area (Å²) in [6.45, 7) is 5.20. The fraction of sp³-hybridized carbons (Fsp3) is 0.480. The maximum atomic E-state index is 12.8. The Balaban J connectivity index is 1.18. The number of fused-ring (bicyclic) bond motifs is 3. The van der Waals surface area contributed by atoms with Gasteiger partial charge >= 0.3 is 6.09 Å². The van der Waals surface area contributed by atoms with Gasteiger partial charge in [0.15, 0.2) is 0 Å². The number of carbonyl (C=O) groups is 1. The van der Waals surface area contributed by atoms with Crippen LogP contribution in [0.5, 0.6) is 0 Å². The minimum Gasteiger partial charge on any atom is -0.448 e. The summed E-state index contributed by atoms with van der Waals surface area (Å²) in [4.78, 5) is 16.8. The van der Waals surface area contributed by atoms with Gasteiger partial charge in [-0.1, -0.05) is 48.5 Å². The van der Waals surface area contributed by atoms with Crippen molar-refractivity contribution in [3.8, 4) is 11.1 Å². The van der Waals surface area contributed by atoms with Gasteiger partial charge < -0.3 is 19.5 Å². The second-order valence-corrected chi connectivity index (χ2v) is 8.90. The number of amides is 1. The third-order valence-corrected chi connectivity index (χ3v) is 6.91. The summed E-state index contributed by atoms with van der Waals surface area (Å²) in [7, 11) is 0. The Morgan fingerprint density at radius 2 is 1.55 bits per heavy atom. The molecule has 2 aromatic rings. The van der Waals surface area contributed by atoms with E-state index in [2.05, 4.69) is 41.3 Å². The highest BCUT2D eigenvalue weighted by molar-refractivity contribution is 5.79. The lowest BCUT2D eigenvalue weighted by atomic mass is 9.91. The van der Waals surface area contributed by atoms with Gasteiger partial charge in [-0.15, -0.1) is 0 Å². The monoisotopic (exact) mass is 422 g/mol. The minimum atomic E-state index is -0.739. The zero-order valence-corrected chi connectivity index (χ0v) is 17.8. The maximum Gasteiger partial charge on any atom is 0.409 e. The standard InChI is InChI=1S/C25H30N2O4/c28-24(27-11-9-25(29,10-12-27)18-26-13-15-30-16-14-26)31-17-23-21-7-3-1-5-19(21)20-6-2-4-8-22(20)23/h1-8,23,29H,9-18H2. The Kier molecular flexibility index (Phi) is 5.69. The molecule has 164 valence electrons. The molecule has 0 spiro atoms. The van der Waals surface area contributed by atoms with Crippen LogP contribution >= 0.6 is 0 Å². The molecule has 1 aliphatic carbocycles. The number of ether oxygens (including phenoxy) is 2. The first-order valence-electron chi connectivity index (χ1n) is 11.3. The zero-order valence-electron chi connectivity index (χ0n) is 17.8. The average Bonchev–Trinajstić information content (AvgIpc) is 3.12. The van der Waals surface area contributed by atoms with Gasteiger partial charge in [-0.05, 0) is 35.1 Å². The lowest BCUT2D eigenvalue weighted by molar-refractivity contribution is -0.0619. The van der Waals surface area contributed by atoms with Crippen LogP contribution in [0.1, 0.15) is 29.9 Å². The van der Waals surface area contributed by atoms with Crippen molar-refractivity contribution >= 4 is 6.09 Å². The number of likely N-dealkylation sites (tertiary alicyclic amines) is 1. The third-order valence-electron chi connectivity index (χ3n) is 6.91. The van der Waals surface area contributed by atoms with Gasteiger partial charge in [0.05, 0.1) is 18.8 Å². The van der Waals surface area contributed by atoms with E-state index < -0.39 is 5.60 Å². The van der Waals surface area contributed by atoms with E-state index in [1.54, 1.807) is 4.90 Å². The molecule has 2 fully saturated rings. The first-order valence-corrected chi connectivity index (χ1v) is 11.3. The molecule has 0 unspecified atom stereocenters. The topological polar surface area (TPSA) is 62.2 Å². The number of hydrogen-bond acceptors (Lipinski definition) is 5. The Morgan fingerprint density at radius 3 is 2.16 bits per heavy atom. The van der Waals surface area contributed by atoms with Crippen molar-refractivity contribution < 1.29 is 19.4 Å². The lowest BCUT2D eigenvalue weighted by Crippen LogP contribution is -2.53. The summed E-state index contributed by atoms with van der Waals surface area (Å²) in [5.41, 5.74) is 4.15. The molecule has 1 N–H and O–H groups in total. The highest BCUT2D eigenvalue weighted by Gasteiger charge is 2.37. The summed E-state index contributed by atoms with van der Waals surface area (Å²) >= 11 is 0. The van der Waals surface area contributed by atoms with Crippen molar-refractivity contribution in [2.45, 2.75) is 24.4 Å². The molecule has 1 amide bonds. The van der Waals surface area contributed by atoms with Crippen LogP contribution < -0.4 is 0 Å². The summed E-state index contributed by atoms with van der Waals surface area (Å²) in [6, 6.07) is 16.7. The van der Waals surface area contributed by atoms with E-state index in [-0.39, 0.29) is 12.0 Å². The Bertz CT molecular complexity index is 887.